The molecule has 20 heavy (non-hydrogen) atoms. The normalized spacial score (nSPS) is 10.7. The highest BCUT2D eigenvalue weighted by atomic mass is 32.1. The van der Waals surface area contributed by atoms with Gasteiger partial charge in [0.15, 0.2) is 0 Å². The summed E-state index contributed by atoms with van der Waals surface area (Å²) >= 11 is 1.40. The van der Waals surface area contributed by atoms with Crippen LogP contribution in [0.15, 0.2) is 34.7 Å². The molecule has 1 N–H and O–H groups in total. The summed E-state index contributed by atoms with van der Waals surface area (Å²) in [6.07, 6.45) is 1.90. The van der Waals surface area contributed by atoms with Crippen LogP contribution >= 0.6 is 11.3 Å². The Morgan fingerprint density at radius 2 is 2.20 bits per heavy atom. The minimum atomic E-state index is -0.301. The van der Waals surface area contributed by atoms with Crippen molar-refractivity contribution in [2.24, 2.45) is 5.10 Å². The number of nitrogens with one attached hydrogen (secondary N) is 1. The van der Waals surface area contributed by atoms with E-state index in [1.54, 1.807) is 11.6 Å². The standard InChI is InChI=1S/C14H15N3O2S/c1-10-3-5-11(6-4-10)8-15-17-14-16-12(9-20-14)7-13(18)19-2/h3-6,8-9H,7H2,1-2H3,(H,16,17)/b15-8-. The second-order valence-electron chi connectivity index (χ2n) is 4.18. The fraction of sp³-hybridized carbons (Fsp3) is 0.214. The van der Waals surface area contributed by atoms with Crippen molar-refractivity contribution in [3.8, 4) is 0 Å². The molecule has 2 aromatic rings. The van der Waals surface area contributed by atoms with Crippen molar-refractivity contribution in [2.45, 2.75) is 13.3 Å². The van der Waals surface area contributed by atoms with Gasteiger partial charge in [0.05, 0.1) is 25.4 Å². The molecule has 6 heteroatoms. The molecular formula is C14H15N3O2S. The predicted molar refractivity (Wildman–Crippen MR) is 80.2 cm³/mol. The Labute approximate surface area is 121 Å². The lowest BCUT2D eigenvalue weighted by Gasteiger charge is -1.96. The number of hydrogen-bond acceptors (Lipinski definition) is 6. The first-order valence-corrected chi connectivity index (χ1v) is 6.92. The number of rotatable bonds is 5. The highest BCUT2D eigenvalue weighted by molar-refractivity contribution is 7.13. The molecule has 0 saturated carbocycles. The van der Waals surface area contributed by atoms with Gasteiger partial charge in [-0.3, -0.25) is 10.2 Å². The summed E-state index contributed by atoms with van der Waals surface area (Å²) in [5.74, 6) is -0.301. The second-order valence-corrected chi connectivity index (χ2v) is 5.04. The van der Waals surface area contributed by atoms with Crippen LogP contribution in [0.4, 0.5) is 5.13 Å². The molecular weight excluding hydrogens is 274 g/mol. The number of thiazole rings is 1. The topological polar surface area (TPSA) is 63.6 Å². The summed E-state index contributed by atoms with van der Waals surface area (Å²) in [5.41, 5.74) is 5.74. The van der Waals surface area contributed by atoms with Gasteiger partial charge in [0, 0.05) is 5.38 Å². The summed E-state index contributed by atoms with van der Waals surface area (Å²) in [4.78, 5) is 15.3. The number of benzene rings is 1. The predicted octanol–water partition coefficient (Wildman–Crippen LogP) is 2.61. The van der Waals surface area contributed by atoms with Gasteiger partial charge >= 0.3 is 5.97 Å². The lowest BCUT2D eigenvalue weighted by Crippen LogP contribution is -2.04. The summed E-state index contributed by atoms with van der Waals surface area (Å²) in [5, 5.41) is 6.56. The van der Waals surface area contributed by atoms with E-state index in [1.807, 2.05) is 31.2 Å². The van der Waals surface area contributed by atoms with Gasteiger partial charge in [0.1, 0.15) is 0 Å². The van der Waals surface area contributed by atoms with E-state index in [1.165, 1.54) is 24.0 Å². The van der Waals surface area contributed by atoms with Gasteiger partial charge in [0.2, 0.25) is 5.13 Å². The van der Waals surface area contributed by atoms with E-state index >= 15 is 0 Å². The van der Waals surface area contributed by atoms with Gasteiger partial charge in [-0.2, -0.15) is 5.10 Å². The molecule has 104 valence electrons. The van der Waals surface area contributed by atoms with Crippen molar-refractivity contribution in [1.82, 2.24) is 4.98 Å². The van der Waals surface area contributed by atoms with Gasteiger partial charge in [-0.15, -0.1) is 11.3 Å². The van der Waals surface area contributed by atoms with E-state index < -0.39 is 0 Å². The summed E-state index contributed by atoms with van der Waals surface area (Å²) < 4.78 is 4.59. The van der Waals surface area contributed by atoms with Gasteiger partial charge in [0.25, 0.3) is 0 Å². The van der Waals surface area contributed by atoms with Gasteiger partial charge in [-0.1, -0.05) is 29.8 Å². The maximum absolute atomic E-state index is 11.1. The number of aromatic nitrogens is 1. The molecule has 0 aliphatic rings. The third-order valence-corrected chi connectivity index (χ3v) is 3.35. The van der Waals surface area contributed by atoms with E-state index in [4.69, 9.17) is 0 Å². The smallest absolute Gasteiger partial charge is 0.311 e. The fourth-order valence-electron chi connectivity index (χ4n) is 1.47. The highest BCUT2D eigenvalue weighted by Crippen LogP contribution is 2.15. The third kappa shape index (κ3) is 4.17. The average Bonchev–Trinajstić information content (AvgIpc) is 2.88. The van der Waals surface area contributed by atoms with Crippen LogP contribution in [0.2, 0.25) is 0 Å². The van der Waals surface area contributed by atoms with Gasteiger partial charge < -0.3 is 4.74 Å². The first-order valence-electron chi connectivity index (χ1n) is 6.04. The molecule has 0 aliphatic heterocycles. The van der Waals surface area contributed by atoms with E-state index in [0.29, 0.717) is 10.8 Å². The van der Waals surface area contributed by atoms with Crippen LogP contribution < -0.4 is 5.43 Å². The first kappa shape index (κ1) is 14.2. The van der Waals surface area contributed by atoms with Crippen molar-refractivity contribution in [1.29, 1.82) is 0 Å². The number of anilines is 1. The number of hydrazone groups is 1. The minimum absolute atomic E-state index is 0.177. The quantitative estimate of drug-likeness (QED) is 0.522. The maximum Gasteiger partial charge on any atom is 0.311 e. The first-order chi connectivity index (χ1) is 9.67. The molecule has 0 aliphatic carbocycles. The Hall–Kier alpha value is -2.21. The Morgan fingerprint density at radius 3 is 2.90 bits per heavy atom. The molecule has 0 atom stereocenters. The molecule has 1 aromatic heterocycles. The molecule has 2 rings (SSSR count). The average molecular weight is 289 g/mol. The molecule has 0 saturated heterocycles. The number of aryl methyl sites for hydroxylation is 1. The van der Waals surface area contributed by atoms with Crippen LogP contribution in [-0.2, 0) is 16.0 Å². The Morgan fingerprint density at radius 1 is 1.45 bits per heavy atom. The number of hydrogen-bond donors (Lipinski definition) is 1. The molecule has 1 heterocycles. The van der Waals surface area contributed by atoms with Crippen LogP contribution in [0, 0.1) is 6.92 Å². The Balaban J connectivity index is 1.90. The summed E-state index contributed by atoms with van der Waals surface area (Å²) in [7, 11) is 1.36. The van der Waals surface area contributed by atoms with Crippen LogP contribution in [0.25, 0.3) is 0 Å². The molecule has 0 unspecified atom stereocenters. The summed E-state index contributed by atoms with van der Waals surface area (Å²) in [6.45, 7) is 2.04. The SMILES string of the molecule is COC(=O)Cc1csc(N/N=C\c2ccc(C)cc2)n1. The zero-order valence-corrected chi connectivity index (χ0v) is 12.1. The lowest BCUT2D eigenvalue weighted by atomic mass is 10.2. The Bertz CT molecular complexity index is 605. The second kappa shape index (κ2) is 6.81. The molecule has 5 nitrogen and oxygen atoms in total. The van der Waals surface area contributed by atoms with Crippen molar-refractivity contribution in [2.75, 3.05) is 12.5 Å². The number of nitrogens with zero attached hydrogens (tertiary/aromatic N) is 2. The number of carbonyl (C=O) groups excluding carboxylic acids is 1. The monoisotopic (exact) mass is 289 g/mol. The molecule has 1 aromatic carbocycles. The molecule has 0 bridgehead atoms. The third-order valence-electron chi connectivity index (χ3n) is 2.56. The molecule has 0 spiro atoms. The fourth-order valence-corrected chi connectivity index (χ4v) is 2.13. The van der Waals surface area contributed by atoms with Crippen LogP contribution in [0.3, 0.4) is 0 Å². The van der Waals surface area contributed by atoms with E-state index in [9.17, 15) is 4.79 Å². The number of methoxy groups -OCH3 is 1. The maximum atomic E-state index is 11.1. The molecule has 0 radical (unpaired) electrons. The van der Waals surface area contributed by atoms with Crippen molar-refractivity contribution in [3.05, 3.63) is 46.5 Å². The summed E-state index contributed by atoms with van der Waals surface area (Å²) in [6, 6.07) is 8.04. The molecule has 0 amide bonds. The van der Waals surface area contributed by atoms with Gasteiger partial charge in [-0.05, 0) is 12.5 Å². The van der Waals surface area contributed by atoms with Crippen LogP contribution in [0.1, 0.15) is 16.8 Å². The zero-order valence-electron chi connectivity index (χ0n) is 11.3. The zero-order chi connectivity index (χ0) is 14.4. The van der Waals surface area contributed by atoms with E-state index in [0.717, 1.165) is 5.56 Å². The minimum Gasteiger partial charge on any atom is -0.469 e. The number of ether oxygens (including phenoxy) is 1. The van der Waals surface area contributed by atoms with Gasteiger partial charge in [-0.25, -0.2) is 4.98 Å². The number of carbonyl (C=O) groups is 1. The molecule has 0 fully saturated rings. The Kier molecular flexibility index (Phi) is 4.84. The van der Waals surface area contributed by atoms with Crippen molar-refractivity contribution in [3.63, 3.8) is 0 Å². The van der Waals surface area contributed by atoms with Crippen LogP contribution in [0.5, 0.6) is 0 Å². The van der Waals surface area contributed by atoms with Crippen molar-refractivity contribution >= 4 is 28.7 Å². The van der Waals surface area contributed by atoms with Crippen molar-refractivity contribution < 1.29 is 9.53 Å². The van der Waals surface area contributed by atoms with E-state index in [-0.39, 0.29) is 12.4 Å². The number of esters is 1. The van der Waals surface area contributed by atoms with Crippen LogP contribution in [-0.4, -0.2) is 24.3 Å². The largest absolute Gasteiger partial charge is 0.469 e. The highest BCUT2D eigenvalue weighted by Gasteiger charge is 2.06. The van der Waals surface area contributed by atoms with E-state index in [2.05, 4.69) is 20.2 Å². The lowest BCUT2D eigenvalue weighted by molar-refractivity contribution is -0.139.